The first-order chi connectivity index (χ1) is 10.0. The third-order valence-electron chi connectivity index (χ3n) is 3.94. The molecule has 0 bridgehead atoms. The van der Waals surface area contributed by atoms with Crippen LogP contribution in [-0.2, 0) is 16.0 Å². The van der Waals surface area contributed by atoms with Crippen molar-refractivity contribution >= 4 is 33.4 Å². The molecule has 2 unspecified atom stereocenters. The number of hydrogen-bond donors (Lipinski definition) is 1. The molecule has 0 saturated carbocycles. The predicted octanol–water partition coefficient (Wildman–Crippen LogP) is 3.03. The van der Waals surface area contributed by atoms with E-state index < -0.39 is 12.1 Å². The van der Waals surface area contributed by atoms with Crippen LogP contribution in [0.4, 0.5) is 5.69 Å². The summed E-state index contributed by atoms with van der Waals surface area (Å²) >= 11 is 3.46. The van der Waals surface area contributed by atoms with Gasteiger partial charge in [0.2, 0.25) is 11.8 Å². The second-order valence-corrected chi connectivity index (χ2v) is 6.14. The Morgan fingerprint density at radius 3 is 2.48 bits per heavy atom. The van der Waals surface area contributed by atoms with Crippen molar-refractivity contribution < 1.29 is 9.59 Å². The van der Waals surface area contributed by atoms with Crippen molar-refractivity contribution in [2.75, 3.05) is 4.90 Å². The van der Waals surface area contributed by atoms with Gasteiger partial charge in [-0.2, -0.15) is 0 Å². The first kappa shape index (κ1) is 16.0. The van der Waals surface area contributed by atoms with Gasteiger partial charge < -0.3 is 5.32 Å². The number of benzene rings is 1. The number of anilines is 1. The quantitative estimate of drug-likeness (QED) is 0.905. The van der Waals surface area contributed by atoms with E-state index >= 15 is 0 Å². The number of piperazine rings is 1. The molecule has 0 aromatic heterocycles. The zero-order valence-corrected chi connectivity index (χ0v) is 14.2. The van der Waals surface area contributed by atoms with E-state index in [1.807, 2.05) is 32.0 Å². The molecule has 1 aromatic carbocycles. The summed E-state index contributed by atoms with van der Waals surface area (Å²) in [7, 11) is 0. The Morgan fingerprint density at radius 1 is 1.19 bits per heavy atom. The Kier molecular flexibility index (Phi) is 5.04. The van der Waals surface area contributed by atoms with Gasteiger partial charge in [0, 0.05) is 10.2 Å². The number of hydrogen-bond acceptors (Lipinski definition) is 2. The van der Waals surface area contributed by atoms with Gasteiger partial charge in [-0.05, 0) is 43.0 Å². The monoisotopic (exact) mass is 352 g/mol. The van der Waals surface area contributed by atoms with Gasteiger partial charge in [-0.3, -0.25) is 14.5 Å². The highest BCUT2D eigenvalue weighted by Gasteiger charge is 2.40. The second-order valence-electron chi connectivity index (χ2n) is 5.23. The molecular formula is C16H21BrN2O2. The average molecular weight is 353 g/mol. The van der Waals surface area contributed by atoms with Crippen molar-refractivity contribution in [1.29, 1.82) is 0 Å². The van der Waals surface area contributed by atoms with Crippen molar-refractivity contribution in [3.63, 3.8) is 0 Å². The van der Waals surface area contributed by atoms with Crippen LogP contribution < -0.4 is 10.2 Å². The Hall–Kier alpha value is -1.36. The van der Waals surface area contributed by atoms with E-state index in [9.17, 15) is 9.59 Å². The average Bonchev–Trinajstić information content (AvgIpc) is 2.48. The zero-order valence-electron chi connectivity index (χ0n) is 12.6. The van der Waals surface area contributed by atoms with Crippen LogP contribution in [0.3, 0.4) is 0 Å². The molecule has 114 valence electrons. The molecule has 0 aliphatic carbocycles. The van der Waals surface area contributed by atoms with Crippen LogP contribution >= 0.6 is 15.9 Å². The maximum atomic E-state index is 12.7. The van der Waals surface area contributed by atoms with Crippen LogP contribution in [0.5, 0.6) is 0 Å². The lowest BCUT2D eigenvalue weighted by Crippen LogP contribution is -2.63. The summed E-state index contributed by atoms with van der Waals surface area (Å²) in [5.74, 6) is -0.0742. The summed E-state index contributed by atoms with van der Waals surface area (Å²) in [4.78, 5) is 26.7. The van der Waals surface area contributed by atoms with E-state index in [2.05, 4.69) is 28.2 Å². The van der Waals surface area contributed by atoms with Crippen molar-refractivity contribution in [1.82, 2.24) is 5.32 Å². The minimum atomic E-state index is -0.424. The van der Waals surface area contributed by atoms with Gasteiger partial charge in [0.25, 0.3) is 0 Å². The fraction of sp³-hybridized carbons (Fsp3) is 0.500. The number of nitrogens with one attached hydrogen (secondary N) is 1. The molecular weight excluding hydrogens is 332 g/mol. The number of carbonyl (C=O) groups is 2. The first-order valence-corrected chi connectivity index (χ1v) is 8.24. The molecule has 0 spiro atoms. The molecule has 1 heterocycles. The van der Waals surface area contributed by atoms with Crippen molar-refractivity contribution in [3.05, 3.63) is 28.2 Å². The van der Waals surface area contributed by atoms with Gasteiger partial charge in [-0.25, -0.2) is 0 Å². The number of nitrogens with zero attached hydrogens (tertiary/aromatic N) is 1. The van der Waals surface area contributed by atoms with Gasteiger partial charge in [0.15, 0.2) is 0 Å². The summed E-state index contributed by atoms with van der Waals surface area (Å²) in [6.45, 7) is 5.90. The Labute approximate surface area is 134 Å². The SMILES string of the molecule is CCc1cc(Br)ccc1N1C(=O)C(CC)NC(=O)C1CC. The minimum absolute atomic E-state index is 0.0130. The van der Waals surface area contributed by atoms with E-state index in [0.29, 0.717) is 12.8 Å². The van der Waals surface area contributed by atoms with Crippen molar-refractivity contribution in [2.24, 2.45) is 0 Å². The molecule has 1 fully saturated rings. The normalized spacial score (nSPS) is 22.4. The molecule has 2 rings (SSSR count). The highest BCUT2D eigenvalue weighted by Crippen LogP contribution is 2.30. The van der Waals surface area contributed by atoms with Gasteiger partial charge in [0.05, 0.1) is 0 Å². The van der Waals surface area contributed by atoms with E-state index in [1.165, 1.54) is 0 Å². The molecule has 21 heavy (non-hydrogen) atoms. The molecule has 1 aromatic rings. The van der Waals surface area contributed by atoms with Gasteiger partial charge >= 0.3 is 0 Å². The molecule has 2 atom stereocenters. The molecule has 2 amide bonds. The lowest BCUT2D eigenvalue weighted by molar-refractivity contribution is -0.134. The fourth-order valence-electron chi connectivity index (χ4n) is 2.77. The highest BCUT2D eigenvalue weighted by atomic mass is 79.9. The van der Waals surface area contributed by atoms with Crippen LogP contribution in [0, 0.1) is 0 Å². The van der Waals surface area contributed by atoms with Crippen LogP contribution in [0.1, 0.15) is 39.2 Å². The summed E-state index contributed by atoms with van der Waals surface area (Å²) in [5.41, 5.74) is 1.92. The van der Waals surface area contributed by atoms with Crippen LogP contribution in [0.2, 0.25) is 0 Å². The molecule has 0 radical (unpaired) electrons. The van der Waals surface area contributed by atoms with E-state index in [-0.39, 0.29) is 11.8 Å². The van der Waals surface area contributed by atoms with E-state index in [1.54, 1.807) is 4.90 Å². The van der Waals surface area contributed by atoms with Gasteiger partial charge in [0.1, 0.15) is 12.1 Å². The van der Waals surface area contributed by atoms with E-state index in [0.717, 1.165) is 22.1 Å². The number of rotatable bonds is 4. The maximum Gasteiger partial charge on any atom is 0.250 e. The first-order valence-electron chi connectivity index (χ1n) is 7.45. The Balaban J connectivity index is 2.51. The molecule has 1 aliphatic rings. The van der Waals surface area contributed by atoms with Crippen LogP contribution in [0.15, 0.2) is 22.7 Å². The van der Waals surface area contributed by atoms with Crippen LogP contribution in [0.25, 0.3) is 0 Å². The molecule has 1 N–H and O–H groups in total. The van der Waals surface area contributed by atoms with Crippen molar-refractivity contribution in [3.8, 4) is 0 Å². The highest BCUT2D eigenvalue weighted by molar-refractivity contribution is 9.10. The smallest absolute Gasteiger partial charge is 0.250 e. The summed E-state index contributed by atoms with van der Waals surface area (Å²) in [6, 6.07) is 5.01. The largest absolute Gasteiger partial charge is 0.342 e. The molecule has 4 nitrogen and oxygen atoms in total. The van der Waals surface area contributed by atoms with E-state index in [4.69, 9.17) is 0 Å². The summed E-state index contributed by atoms with van der Waals surface area (Å²) in [5, 5.41) is 2.83. The molecule has 1 saturated heterocycles. The standard InChI is InChI=1S/C16H21BrN2O2/c1-4-10-9-11(17)7-8-14(10)19-13(6-3)15(20)18-12(5-2)16(19)21/h7-9,12-13H,4-6H2,1-3H3,(H,18,20). The third kappa shape index (κ3) is 2.98. The predicted molar refractivity (Wildman–Crippen MR) is 87.3 cm³/mol. The summed E-state index contributed by atoms with van der Waals surface area (Å²) in [6.07, 6.45) is 2.02. The fourth-order valence-corrected chi connectivity index (χ4v) is 3.18. The van der Waals surface area contributed by atoms with Gasteiger partial charge in [-0.1, -0.05) is 36.7 Å². The lowest BCUT2D eigenvalue weighted by Gasteiger charge is -2.39. The Bertz CT molecular complexity index is 559. The number of halogens is 1. The number of amides is 2. The van der Waals surface area contributed by atoms with Gasteiger partial charge in [-0.15, -0.1) is 0 Å². The topological polar surface area (TPSA) is 49.4 Å². The zero-order chi connectivity index (χ0) is 15.6. The number of aryl methyl sites for hydroxylation is 1. The Morgan fingerprint density at radius 2 is 1.90 bits per heavy atom. The molecule has 5 heteroatoms. The van der Waals surface area contributed by atoms with Crippen molar-refractivity contribution in [2.45, 2.75) is 52.1 Å². The third-order valence-corrected chi connectivity index (χ3v) is 4.44. The second kappa shape index (κ2) is 6.60. The minimum Gasteiger partial charge on any atom is -0.342 e. The summed E-state index contributed by atoms with van der Waals surface area (Å²) < 4.78 is 0.983. The maximum absolute atomic E-state index is 12.7. The number of carbonyl (C=O) groups excluding carboxylic acids is 2. The lowest BCUT2D eigenvalue weighted by atomic mass is 10.00. The molecule has 1 aliphatic heterocycles. The van der Waals surface area contributed by atoms with Crippen LogP contribution in [-0.4, -0.2) is 23.9 Å².